The van der Waals surface area contributed by atoms with Crippen molar-refractivity contribution in [3.8, 4) is 0 Å². The minimum atomic E-state index is 0.581. The van der Waals surface area contributed by atoms with E-state index in [4.69, 9.17) is 4.99 Å². The highest BCUT2D eigenvalue weighted by Crippen LogP contribution is 2.28. The van der Waals surface area contributed by atoms with E-state index in [1.54, 1.807) is 0 Å². The van der Waals surface area contributed by atoms with E-state index < -0.39 is 0 Å². The van der Waals surface area contributed by atoms with Gasteiger partial charge >= 0.3 is 0 Å². The highest BCUT2D eigenvalue weighted by atomic mass is 14.8. The Morgan fingerprint density at radius 1 is 0.778 bits per heavy atom. The maximum atomic E-state index is 4.85. The summed E-state index contributed by atoms with van der Waals surface area (Å²) in [6, 6.07) is 1.17. The molecule has 0 atom stereocenters. The molecule has 102 valence electrons. The standard InChI is InChI=1S/C16H28N2/c1-3-17-15-8-10-16(11-9-15)18-12-14-6-4-13(2)5-7-14/h3,12-16H,4-11H2,1-2H3. The number of nitrogens with zero attached hydrogens (tertiary/aromatic N) is 2. The molecule has 18 heavy (non-hydrogen) atoms. The molecule has 0 spiro atoms. The van der Waals surface area contributed by atoms with E-state index in [1.165, 1.54) is 51.4 Å². The lowest BCUT2D eigenvalue weighted by Crippen LogP contribution is -2.21. The van der Waals surface area contributed by atoms with Gasteiger partial charge in [-0.2, -0.15) is 0 Å². The molecular weight excluding hydrogens is 220 g/mol. The third kappa shape index (κ3) is 4.22. The molecule has 0 unspecified atom stereocenters. The zero-order chi connectivity index (χ0) is 12.8. The summed E-state index contributed by atoms with van der Waals surface area (Å²) >= 11 is 0. The Balaban J connectivity index is 1.71. The molecule has 2 saturated carbocycles. The molecule has 0 aromatic carbocycles. The Morgan fingerprint density at radius 3 is 1.89 bits per heavy atom. The van der Waals surface area contributed by atoms with Gasteiger partial charge in [-0.1, -0.05) is 19.8 Å². The second-order valence-corrected chi connectivity index (χ2v) is 6.19. The summed E-state index contributed by atoms with van der Waals surface area (Å²) in [5.74, 6) is 1.71. The summed E-state index contributed by atoms with van der Waals surface area (Å²) in [5.41, 5.74) is 0. The number of hydrogen-bond donors (Lipinski definition) is 0. The van der Waals surface area contributed by atoms with Crippen molar-refractivity contribution in [1.29, 1.82) is 0 Å². The van der Waals surface area contributed by atoms with Gasteiger partial charge in [-0.3, -0.25) is 9.98 Å². The molecule has 0 heterocycles. The van der Waals surface area contributed by atoms with Crippen LogP contribution in [0.3, 0.4) is 0 Å². The molecule has 0 aromatic heterocycles. The van der Waals surface area contributed by atoms with Crippen molar-refractivity contribution in [2.24, 2.45) is 21.8 Å². The molecule has 0 saturated heterocycles. The van der Waals surface area contributed by atoms with Gasteiger partial charge in [0, 0.05) is 18.3 Å². The molecule has 2 heteroatoms. The fraction of sp³-hybridized carbons (Fsp3) is 0.875. The first-order chi connectivity index (χ1) is 8.78. The quantitative estimate of drug-likeness (QED) is 0.666. The van der Waals surface area contributed by atoms with Crippen LogP contribution in [0.15, 0.2) is 9.98 Å². The summed E-state index contributed by atoms with van der Waals surface area (Å²) in [5, 5.41) is 0. The van der Waals surface area contributed by atoms with Crippen LogP contribution in [-0.4, -0.2) is 24.5 Å². The predicted octanol–water partition coefficient (Wildman–Crippen LogP) is 4.29. The molecule has 2 aliphatic rings. The maximum absolute atomic E-state index is 4.85. The summed E-state index contributed by atoms with van der Waals surface area (Å²) in [6.07, 6.45) is 14.7. The van der Waals surface area contributed by atoms with Crippen molar-refractivity contribution in [2.45, 2.75) is 77.3 Å². The van der Waals surface area contributed by atoms with Crippen LogP contribution in [0.4, 0.5) is 0 Å². The molecule has 0 radical (unpaired) electrons. The molecule has 0 N–H and O–H groups in total. The lowest BCUT2D eigenvalue weighted by atomic mass is 9.83. The van der Waals surface area contributed by atoms with Crippen LogP contribution >= 0.6 is 0 Å². The van der Waals surface area contributed by atoms with Gasteiger partial charge < -0.3 is 0 Å². The Bertz CT molecular complexity index is 279. The fourth-order valence-corrected chi connectivity index (χ4v) is 3.25. The average Bonchev–Trinajstić information content (AvgIpc) is 2.40. The zero-order valence-corrected chi connectivity index (χ0v) is 12.0. The van der Waals surface area contributed by atoms with Crippen LogP contribution in [0, 0.1) is 11.8 Å². The van der Waals surface area contributed by atoms with Crippen LogP contribution < -0.4 is 0 Å². The van der Waals surface area contributed by atoms with E-state index in [2.05, 4.69) is 18.1 Å². The smallest absolute Gasteiger partial charge is 0.0497 e. The third-order valence-corrected chi connectivity index (χ3v) is 4.59. The molecule has 2 nitrogen and oxygen atoms in total. The molecular formula is C16H28N2. The number of hydrogen-bond acceptors (Lipinski definition) is 2. The molecule has 2 rings (SSSR count). The number of aliphatic imine (C=N–C) groups is 2. The summed E-state index contributed by atoms with van der Waals surface area (Å²) < 4.78 is 0. The van der Waals surface area contributed by atoms with Crippen LogP contribution in [0.25, 0.3) is 0 Å². The largest absolute Gasteiger partial charge is 0.295 e. The SMILES string of the molecule is CC=NC1CCC(N=CC2CCC(C)CC2)CC1. The van der Waals surface area contributed by atoms with Gasteiger partial charge in [0.1, 0.15) is 0 Å². The van der Waals surface area contributed by atoms with E-state index in [1.807, 2.05) is 13.1 Å². The van der Waals surface area contributed by atoms with Gasteiger partial charge in [-0.25, -0.2) is 0 Å². The minimum absolute atomic E-state index is 0.581. The molecule has 2 fully saturated rings. The average molecular weight is 248 g/mol. The first kappa shape index (κ1) is 13.8. The van der Waals surface area contributed by atoms with E-state index in [9.17, 15) is 0 Å². The normalized spacial score (nSPS) is 38.6. The molecule has 2 aliphatic carbocycles. The molecule has 0 aromatic rings. The Labute approximate surface area is 112 Å². The lowest BCUT2D eigenvalue weighted by Gasteiger charge is -2.26. The predicted molar refractivity (Wildman–Crippen MR) is 79.8 cm³/mol. The third-order valence-electron chi connectivity index (χ3n) is 4.59. The van der Waals surface area contributed by atoms with E-state index in [-0.39, 0.29) is 0 Å². The molecule has 0 bridgehead atoms. The van der Waals surface area contributed by atoms with E-state index in [0.29, 0.717) is 12.1 Å². The first-order valence-electron chi connectivity index (χ1n) is 7.79. The van der Waals surface area contributed by atoms with Crippen molar-refractivity contribution < 1.29 is 0 Å². The second-order valence-electron chi connectivity index (χ2n) is 6.19. The van der Waals surface area contributed by atoms with Gasteiger partial charge in [0.2, 0.25) is 0 Å². The van der Waals surface area contributed by atoms with Gasteiger partial charge in [0.25, 0.3) is 0 Å². The van der Waals surface area contributed by atoms with Crippen LogP contribution in [0.1, 0.15) is 65.2 Å². The fourth-order valence-electron chi connectivity index (χ4n) is 3.25. The van der Waals surface area contributed by atoms with Crippen molar-refractivity contribution in [3.05, 3.63) is 0 Å². The minimum Gasteiger partial charge on any atom is -0.295 e. The highest BCUT2D eigenvalue weighted by Gasteiger charge is 2.20. The maximum Gasteiger partial charge on any atom is 0.0497 e. The van der Waals surface area contributed by atoms with Crippen molar-refractivity contribution in [3.63, 3.8) is 0 Å². The number of rotatable bonds is 3. The van der Waals surface area contributed by atoms with Crippen molar-refractivity contribution in [1.82, 2.24) is 0 Å². The van der Waals surface area contributed by atoms with Crippen LogP contribution in [0.5, 0.6) is 0 Å². The zero-order valence-electron chi connectivity index (χ0n) is 12.0. The van der Waals surface area contributed by atoms with Crippen molar-refractivity contribution in [2.75, 3.05) is 0 Å². The van der Waals surface area contributed by atoms with E-state index >= 15 is 0 Å². The van der Waals surface area contributed by atoms with E-state index in [0.717, 1.165) is 11.8 Å². The first-order valence-corrected chi connectivity index (χ1v) is 7.79. The molecule has 0 amide bonds. The van der Waals surface area contributed by atoms with Gasteiger partial charge in [0.05, 0.1) is 0 Å². The Hall–Kier alpha value is -0.660. The monoisotopic (exact) mass is 248 g/mol. The van der Waals surface area contributed by atoms with Crippen molar-refractivity contribution >= 4 is 12.4 Å². The van der Waals surface area contributed by atoms with Gasteiger partial charge in [0.15, 0.2) is 0 Å². The highest BCUT2D eigenvalue weighted by molar-refractivity contribution is 5.61. The Kier molecular flexibility index (Phi) is 5.40. The summed E-state index contributed by atoms with van der Waals surface area (Å²) in [6.45, 7) is 4.40. The van der Waals surface area contributed by atoms with Crippen LogP contribution in [-0.2, 0) is 0 Å². The summed E-state index contributed by atoms with van der Waals surface area (Å²) in [4.78, 5) is 9.35. The van der Waals surface area contributed by atoms with Gasteiger partial charge in [-0.15, -0.1) is 0 Å². The topological polar surface area (TPSA) is 24.7 Å². The van der Waals surface area contributed by atoms with Crippen LogP contribution in [0.2, 0.25) is 0 Å². The van der Waals surface area contributed by atoms with Gasteiger partial charge in [-0.05, 0) is 63.5 Å². The Morgan fingerprint density at radius 2 is 1.33 bits per heavy atom. The molecule has 0 aliphatic heterocycles. The summed E-state index contributed by atoms with van der Waals surface area (Å²) in [7, 11) is 0. The second kappa shape index (κ2) is 7.06. The lowest BCUT2D eigenvalue weighted by molar-refractivity contribution is 0.344.